The van der Waals surface area contributed by atoms with Gasteiger partial charge in [-0.05, 0) is 24.3 Å². The lowest BCUT2D eigenvalue weighted by molar-refractivity contribution is -0.137. The summed E-state index contributed by atoms with van der Waals surface area (Å²) in [6.45, 7) is 0. The fourth-order valence-electron chi connectivity index (χ4n) is 1.20. The highest BCUT2D eigenvalue weighted by Gasteiger charge is 2.30. The monoisotopic (exact) mass is 211 g/mol. The van der Waals surface area contributed by atoms with Crippen molar-refractivity contribution in [3.05, 3.63) is 48.3 Å². The predicted octanol–water partition coefficient (Wildman–Crippen LogP) is 2.69. The third-order valence-electron chi connectivity index (χ3n) is 1.89. The topological polar surface area (TPSA) is 17.8 Å². The molecule has 2 aromatic rings. The first-order valence-corrected chi connectivity index (χ1v) is 4.17. The highest BCUT2D eigenvalue weighted by Crippen LogP contribution is 2.30. The normalized spacial score (nSPS) is 11.7. The lowest BCUT2D eigenvalue weighted by atomic mass is 10.2. The van der Waals surface area contributed by atoms with Crippen LogP contribution in [0.4, 0.5) is 13.2 Å². The molecule has 0 unspecified atom stereocenters. The van der Waals surface area contributed by atoms with E-state index in [-0.39, 0.29) is 0 Å². The minimum Gasteiger partial charge on any atom is -0.240 e. The van der Waals surface area contributed by atoms with Crippen molar-refractivity contribution in [1.82, 2.24) is 9.78 Å². The lowest BCUT2D eigenvalue weighted by Crippen LogP contribution is -2.06. The van der Waals surface area contributed by atoms with Crippen molar-refractivity contribution in [3.63, 3.8) is 0 Å². The van der Waals surface area contributed by atoms with Gasteiger partial charge in [0.1, 0.15) is 6.20 Å². The van der Waals surface area contributed by atoms with Crippen LogP contribution >= 0.6 is 0 Å². The molecule has 0 spiro atoms. The van der Waals surface area contributed by atoms with Gasteiger partial charge in [0.2, 0.25) is 0 Å². The average molecular weight is 211 g/mol. The Bertz CT molecular complexity index is 446. The Kier molecular flexibility index (Phi) is 2.22. The third-order valence-corrected chi connectivity index (χ3v) is 1.89. The van der Waals surface area contributed by atoms with Crippen molar-refractivity contribution < 1.29 is 13.2 Å². The highest BCUT2D eigenvalue weighted by molar-refractivity contribution is 5.36. The van der Waals surface area contributed by atoms with Gasteiger partial charge >= 0.3 is 6.18 Å². The Morgan fingerprint density at radius 2 is 2.07 bits per heavy atom. The van der Waals surface area contributed by atoms with Crippen LogP contribution in [0.15, 0.2) is 36.5 Å². The van der Waals surface area contributed by atoms with E-state index in [1.165, 1.54) is 23.0 Å². The van der Waals surface area contributed by atoms with Crippen molar-refractivity contribution in [2.24, 2.45) is 0 Å². The number of hydrogen-bond donors (Lipinski definition) is 0. The molecule has 0 fully saturated rings. The summed E-state index contributed by atoms with van der Waals surface area (Å²) in [5.74, 6) is 0. The molecule has 0 saturated heterocycles. The second-order valence-corrected chi connectivity index (χ2v) is 2.94. The first-order chi connectivity index (χ1) is 7.07. The predicted molar refractivity (Wildman–Crippen MR) is 47.4 cm³/mol. The fraction of sp³-hybridized carbons (Fsp3) is 0.100. The maximum Gasteiger partial charge on any atom is 0.416 e. The number of nitrogens with zero attached hydrogens (tertiary/aromatic N) is 2. The van der Waals surface area contributed by atoms with Crippen LogP contribution in [0.5, 0.6) is 0 Å². The molecule has 5 heteroatoms. The first kappa shape index (κ1) is 9.76. The number of rotatable bonds is 1. The molecule has 0 saturated carbocycles. The number of aromatic nitrogens is 2. The zero-order valence-corrected chi connectivity index (χ0v) is 7.49. The maximum atomic E-state index is 12.4. The summed E-state index contributed by atoms with van der Waals surface area (Å²) in [6.07, 6.45) is -0.271. The highest BCUT2D eigenvalue weighted by atomic mass is 19.4. The quantitative estimate of drug-likeness (QED) is 0.709. The van der Waals surface area contributed by atoms with Crippen molar-refractivity contribution in [2.75, 3.05) is 0 Å². The number of halogens is 3. The Morgan fingerprint density at radius 3 is 2.67 bits per heavy atom. The average Bonchev–Trinajstić information content (AvgIpc) is 2.69. The Hall–Kier alpha value is -1.78. The van der Waals surface area contributed by atoms with Gasteiger partial charge < -0.3 is 0 Å². The van der Waals surface area contributed by atoms with Gasteiger partial charge in [-0.3, -0.25) is 0 Å². The summed E-state index contributed by atoms with van der Waals surface area (Å²) in [7, 11) is 0. The summed E-state index contributed by atoms with van der Waals surface area (Å²) in [5.41, 5.74) is -0.318. The van der Waals surface area contributed by atoms with Crippen molar-refractivity contribution in [1.29, 1.82) is 0 Å². The molecule has 0 aliphatic carbocycles. The summed E-state index contributed by atoms with van der Waals surface area (Å²) in [6, 6.07) is 6.49. The zero-order valence-electron chi connectivity index (χ0n) is 7.49. The van der Waals surface area contributed by atoms with Gasteiger partial charge in [0, 0.05) is 6.20 Å². The van der Waals surface area contributed by atoms with E-state index in [1.807, 2.05) is 0 Å². The van der Waals surface area contributed by atoms with Gasteiger partial charge in [-0.25, -0.2) is 4.68 Å². The van der Waals surface area contributed by atoms with Crippen LogP contribution in [0.1, 0.15) is 5.56 Å². The van der Waals surface area contributed by atoms with Crippen LogP contribution in [0.2, 0.25) is 0 Å². The van der Waals surface area contributed by atoms with Crippen LogP contribution in [-0.2, 0) is 6.18 Å². The van der Waals surface area contributed by atoms with E-state index < -0.39 is 11.7 Å². The molecule has 2 rings (SSSR count). The van der Waals surface area contributed by atoms with Crippen molar-refractivity contribution in [2.45, 2.75) is 6.18 Å². The van der Waals surface area contributed by atoms with Gasteiger partial charge in [-0.2, -0.15) is 18.3 Å². The standard InChI is InChI=1S/C10H6F3N2/c11-10(12,13)8-3-1-4-9(7-8)15-6-2-5-14-15/h1-4,6-7H. The molecule has 0 bridgehead atoms. The van der Waals surface area contributed by atoms with E-state index in [0.717, 1.165) is 12.1 Å². The van der Waals surface area contributed by atoms with E-state index in [1.54, 1.807) is 6.07 Å². The Labute approximate surface area is 84.0 Å². The molecule has 0 N–H and O–H groups in total. The second-order valence-electron chi connectivity index (χ2n) is 2.94. The largest absolute Gasteiger partial charge is 0.416 e. The van der Waals surface area contributed by atoms with Gasteiger partial charge in [0.05, 0.1) is 11.3 Å². The molecule has 1 radical (unpaired) electrons. The Morgan fingerprint density at radius 1 is 1.27 bits per heavy atom. The van der Waals surface area contributed by atoms with Crippen LogP contribution in [-0.4, -0.2) is 9.78 Å². The van der Waals surface area contributed by atoms with Gasteiger partial charge in [0.15, 0.2) is 0 Å². The first-order valence-electron chi connectivity index (χ1n) is 4.17. The molecule has 1 aromatic heterocycles. The van der Waals surface area contributed by atoms with Crippen LogP contribution < -0.4 is 0 Å². The smallest absolute Gasteiger partial charge is 0.240 e. The van der Waals surface area contributed by atoms with Gasteiger partial charge in [-0.1, -0.05) is 6.07 Å². The number of hydrogen-bond acceptors (Lipinski definition) is 1. The molecule has 0 amide bonds. The van der Waals surface area contributed by atoms with E-state index in [9.17, 15) is 13.2 Å². The van der Waals surface area contributed by atoms with E-state index >= 15 is 0 Å². The lowest BCUT2D eigenvalue weighted by Gasteiger charge is -2.08. The van der Waals surface area contributed by atoms with E-state index in [0.29, 0.717) is 5.69 Å². The molecular formula is C10H6F3N2. The molecule has 2 nitrogen and oxygen atoms in total. The molecule has 0 aliphatic rings. The molecule has 0 atom stereocenters. The summed E-state index contributed by atoms with van der Waals surface area (Å²) in [5, 5.41) is 3.73. The molecule has 15 heavy (non-hydrogen) atoms. The summed E-state index contributed by atoms with van der Waals surface area (Å²) in [4.78, 5) is 0. The molecule has 1 heterocycles. The number of benzene rings is 1. The zero-order chi connectivity index (χ0) is 10.9. The van der Waals surface area contributed by atoms with Crippen LogP contribution in [0.25, 0.3) is 5.69 Å². The van der Waals surface area contributed by atoms with Crippen molar-refractivity contribution >= 4 is 0 Å². The van der Waals surface area contributed by atoms with Crippen molar-refractivity contribution in [3.8, 4) is 5.69 Å². The minimum absolute atomic E-state index is 0.367. The molecule has 0 aliphatic heterocycles. The fourth-order valence-corrected chi connectivity index (χ4v) is 1.20. The number of alkyl halides is 3. The maximum absolute atomic E-state index is 12.4. The molecule has 1 aromatic carbocycles. The van der Waals surface area contributed by atoms with Gasteiger partial charge in [0.25, 0.3) is 0 Å². The minimum atomic E-state index is -4.33. The van der Waals surface area contributed by atoms with Crippen LogP contribution in [0, 0.1) is 6.20 Å². The van der Waals surface area contributed by atoms with E-state index in [4.69, 9.17) is 0 Å². The van der Waals surface area contributed by atoms with E-state index in [2.05, 4.69) is 11.3 Å². The Balaban J connectivity index is 2.44. The van der Waals surface area contributed by atoms with Crippen LogP contribution in [0.3, 0.4) is 0 Å². The third kappa shape index (κ3) is 2.01. The molecular weight excluding hydrogens is 205 g/mol. The summed E-state index contributed by atoms with van der Waals surface area (Å²) >= 11 is 0. The SMILES string of the molecule is FC(F)(F)c1cccc(-n2cc[c]n2)c1. The second kappa shape index (κ2) is 3.42. The van der Waals surface area contributed by atoms with Gasteiger partial charge in [-0.15, -0.1) is 0 Å². The summed E-state index contributed by atoms with van der Waals surface area (Å²) < 4.78 is 38.4. The molecule has 77 valence electrons.